The Labute approximate surface area is 97.8 Å². The van der Waals surface area contributed by atoms with Crippen LogP contribution in [0.3, 0.4) is 0 Å². The average Bonchev–Trinajstić information content (AvgIpc) is 1.92. The molecular weight excluding hydrogens is 202 g/mol. The van der Waals surface area contributed by atoms with E-state index in [0.717, 1.165) is 31.8 Å². The summed E-state index contributed by atoms with van der Waals surface area (Å²) in [4.78, 5) is 13.3. The van der Waals surface area contributed by atoms with Crippen LogP contribution in [0.2, 0.25) is 0 Å². The standard InChI is InChI=1S/C13H23NO2/c1-12(2,3)10-8-14(9-10)13(5-4-6-13)7-11(15)16/h10H,4-9H2,1-3H3,(H,15,16). The summed E-state index contributed by atoms with van der Waals surface area (Å²) in [6, 6.07) is 0. The molecule has 0 amide bonds. The Kier molecular flexibility index (Phi) is 2.77. The molecule has 1 N–H and O–H groups in total. The van der Waals surface area contributed by atoms with Crippen LogP contribution in [0.15, 0.2) is 0 Å². The first-order valence-electron chi connectivity index (χ1n) is 6.30. The van der Waals surface area contributed by atoms with Gasteiger partial charge in [0.05, 0.1) is 6.42 Å². The lowest BCUT2D eigenvalue weighted by Crippen LogP contribution is -2.65. The highest BCUT2D eigenvalue weighted by Gasteiger charge is 2.50. The van der Waals surface area contributed by atoms with E-state index in [-0.39, 0.29) is 5.54 Å². The second kappa shape index (κ2) is 3.73. The van der Waals surface area contributed by atoms with E-state index in [1.807, 2.05) is 0 Å². The summed E-state index contributed by atoms with van der Waals surface area (Å²) in [7, 11) is 0. The van der Waals surface area contributed by atoms with Crippen molar-refractivity contribution in [2.75, 3.05) is 13.1 Å². The van der Waals surface area contributed by atoms with Gasteiger partial charge in [0.2, 0.25) is 0 Å². The van der Waals surface area contributed by atoms with Gasteiger partial charge in [-0.3, -0.25) is 9.69 Å². The first-order valence-corrected chi connectivity index (χ1v) is 6.30. The van der Waals surface area contributed by atoms with E-state index in [4.69, 9.17) is 5.11 Å². The van der Waals surface area contributed by atoms with E-state index in [1.165, 1.54) is 6.42 Å². The van der Waals surface area contributed by atoms with Crippen LogP contribution < -0.4 is 0 Å². The van der Waals surface area contributed by atoms with Gasteiger partial charge in [0.15, 0.2) is 0 Å². The first kappa shape index (κ1) is 11.9. The van der Waals surface area contributed by atoms with E-state index >= 15 is 0 Å². The van der Waals surface area contributed by atoms with Gasteiger partial charge in [0, 0.05) is 18.6 Å². The SMILES string of the molecule is CC(C)(C)C1CN(C2(CC(=O)O)CCC2)C1. The van der Waals surface area contributed by atoms with Crippen LogP contribution in [-0.4, -0.2) is 34.6 Å². The molecule has 0 atom stereocenters. The van der Waals surface area contributed by atoms with Gasteiger partial charge >= 0.3 is 5.97 Å². The van der Waals surface area contributed by atoms with Gasteiger partial charge in [-0.25, -0.2) is 0 Å². The number of nitrogens with zero attached hydrogens (tertiary/aromatic N) is 1. The zero-order valence-corrected chi connectivity index (χ0v) is 10.6. The topological polar surface area (TPSA) is 40.5 Å². The third-order valence-electron chi connectivity index (χ3n) is 4.54. The van der Waals surface area contributed by atoms with Crippen molar-refractivity contribution in [3.8, 4) is 0 Å². The van der Waals surface area contributed by atoms with E-state index < -0.39 is 5.97 Å². The molecule has 0 unspecified atom stereocenters. The third kappa shape index (κ3) is 1.97. The second-order valence-electron chi connectivity index (χ2n) is 6.62. The van der Waals surface area contributed by atoms with E-state index in [1.54, 1.807) is 0 Å². The summed E-state index contributed by atoms with van der Waals surface area (Å²) in [5.74, 6) is 0.0951. The predicted octanol–water partition coefficient (Wildman–Crippen LogP) is 2.36. The van der Waals surface area contributed by atoms with Crippen LogP contribution in [0, 0.1) is 11.3 Å². The Balaban J connectivity index is 1.92. The monoisotopic (exact) mass is 225 g/mol. The Morgan fingerprint density at radius 2 is 1.94 bits per heavy atom. The summed E-state index contributed by atoms with van der Waals surface area (Å²) in [6.07, 6.45) is 3.69. The molecule has 2 rings (SSSR count). The van der Waals surface area contributed by atoms with E-state index in [2.05, 4.69) is 25.7 Å². The highest BCUT2D eigenvalue weighted by Crippen LogP contribution is 2.47. The maximum Gasteiger partial charge on any atom is 0.305 e. The minimum atomic E-state index is -0.640. The highest BCUT2D eigenvalue weighted by molar-refractivity contribution is 5.68. The maximum absolute atomic E-state index is 10.9. The zero-order chi connectivity index (χ0) is 12.0. The maximum atomic E-state index is 10.9. The summed E-state index contributed by atoms with van der Waals surface area (Å²) in [6.45, 7) is 9.02. The predicted molar refractivity (Wildman–Crippen MR) is 63.4 cm³/mol. The van der Waals surface area contributed by atoms with Crippen LogP contribution in [0.4, 0.5) is 0 Å². The Bertz CT molecular complexity index is 283. The molecule has 0 aromatic rings. The number of hydrogen-bond acceptors (Lipinski definition) is 2. The third-order valence-corrected chi connectivity index (χ3v) is 4.54. The van der Waals surface area contributed by atoms with E-state index in [0.29, 0.717) is 11.8 Å². The average molecular weight is 225 g/mol. The minimum absolute atomic E-state index is 0.0214. The lowest BCUT2D eigenvalue weighted by molar-refractivity contribution is -0.149. The molecule has 2 aliphatic rings. The Hall–Kier alpha value is -0.570. The fourth-order valence-electron chi connectivity index (χ4n) is 2.88. The van der Waals surface area contributed by atoms with Crippen molar-refractivity contribution in [3.63, 3.8) is 0 Å². The number of rotatable bonds is 3. The molecule has 0 aromatic heterocycles. The quantitative estimate of drug-likeness (QED) is 0.801. The molecule has 1 saturated heterocycles. The van der Waals surface area contributed by atoms with Crippen LogP contribution in [0.1, 0.15) is 46.5 Å². The lowest BCUT2D eigenvalue weighted by Gasteiger charge is -2.59. The van der Waals surface area contributed by atoms with Crippen LogP contribution >= 0.6 is 0 Å². The Morgan fingerprint density at radius 1 is 1.38 bits per heavy atom. The van der Waals surface area contributed by atoms with Crippen molar-refractivity contribution in [1.82, 2.24) is 4.90 Å². The number of carbonyl (C=O) groups is 1. The molecule has 1 aliphatic heterocycles. The summed E-state index contributed by atoms with van der Waals surface area (Å²) >= 11 is 0. The number of carboxylic acid groups (broad SMARTS) is 1. The lowest BCUT2D eigenvalue weighted by atomic mass is 9.67. The van der Waals surface area contributed by atoms with Crippen molar-refractivity contribution >= 4 is 5.97 Å². The summed E-state index contributed by atoms with van der Waals surface area (Å²) in [5, 5.41) is 8.98. The fourth-order valence-corrected chi connectivity index (χ4v) is 2.88. The molecule has 3 heteroatoms. The van der Waals surface area contributed by atoms with Crippen molar-refractivity contribution < 1.29 is 9.90 Å². The number of carboxylic acids is 1. The molecule has 0 aromatic carbocycles. The molecule has 2 fully saturated rings. The van der Waals surface area contributed by atoms with Gasteiger partial charge < -0.3 is 5.11 Å². The summed E-state index contributed by atoms with van der Waals surface area (Å²) in [5.41, 5.74) is 0.387. The van der Waals surface area contributed by atoms with Gasteiger partial charge in [0.25, 0.3) is 0 Å². The zero-order valence-electron chi connectivity index (χ0n) is 10.6. The number of aliphatic carboxylic acids is 1. The normalized spacial score (nSPS) is 25.9. The molecular formula is C13H23NO2. The molecule has 1 saturated carbocycles. The van der Waals surface area contributed by atoms with Crippen LogP contribution in [0.5, 0.6) is 0 Å². The van der Waals surface area contributed by atoms with Gasteiger partial charge in [0.1, 0.15) is 0 Å². The van der Waals surface area contributed by atoms with Gasteiger partial charge in [-0.15, -0.1) is 0 Å². The molecule has 0 radical (unpaired) electrons. The molecule has 92 valence electrons. The molecule has 1 heterocycles. The fraction of sp³-hybridized carbons (Fsp3) is 0.923. The summed E-state index contributed by atoms with van der Waals surface area (Å²) < 4.78 is 0. The first-order chi connectivity index (χ1) is 7.33. The smallest absolute Gasteiger partial charge is 0.305 e. The molecule has 3 nitrogen and oxygen atoms in total. The van der Waals surface area contributed by atoms with Crippen molar-refractivity contribution in [1.29, 1.82) is 0 Å². The van der Waals surface area contributed by atoms with Crippen molar-refractivity contribution in [3.05, 3.63) is 0 Å². The van der Waals surface area contributed by atoms with Crippen LogP contribution in [0.25, 0.3) is 0 Å². The Morgan fingerprint density at radius 3 is 2.25 bits per heavy atom. The minimum Gasteiger partial charge on any atom is -0.481 e. The van der Waals surface area contributed by atoms with Crippen LogP contribution in [-0.2, 0) is 4.79 Å². The van der Waals surface area contributed by atoms with Gasteiger partial charge in [-0.1, -0.05) is 20.8 Å². The highest BCUT2D eigenvalue weighted by atomic mass is 16.4. The van der Waals surface area contributed by atoms with Gasteiger partial charge in [-0.05, 0) is 30.6 Å². The second-order valence-corrected chi connectivity index (χ2v) is 6.62. The molecule has 1 aliphatic carbocycles. The van der Waals surface area contributed by atoms with Gasteiger partial charge in [-0.2, -0.15) is 0 Å². The molecule has 16 heavy (non-hydrogen) atoms. The number of likely N-dealkylation sites (tertiary alicyclic amines) is 1. The largest absolute Gasteiger partial charge is 0.481 e. The molecule has 0 bridgehead atoms. The van der Waals surface area contributed by atoms with E-state index in [9.17, 15) is 4.79 Å². The number of hydrogen-bond donors (Lipinski definition) is 1. The van der Waals surface area contributed by atoms with Crippen molar-refractivity contribution in [2.24, 2.45) is 11.3 Å². The van der Waals surface area contributed by atoms with Crippen molar-refractivity contribution in [2.45, 2.75) is 52.0 Å². The molecule has 0 spiro atoms.